The molecule has 2 saturated carbocycles. The summed E-state index contributed by atoms with van der Waals surface area (Å²) in [5, 5.41) is 17.9. The Morgan fingerprint density at radius 3 is 1.95 bits per heavy atom. The highest BCUT2D eigenvalue weighted by molar-refractivity contribution is 5.68. The molecule has 8 nitrogen and oxygen atoms in total. The smallest absolute Gasteiger partial charge is 0.410 e. The minimum absolute atomic E-state index is 0.173. The van der Waals surface area contributed by atoms with Crippen LogP contribution < -0.4 is 4.90 Å². The second kappa shape index (κ2) is 13.1. The maximum Gasteiger partial charge on any atom is 0.410 e. The molecule has 0 spiro atoms. The van der Waals surface area contributed by atoms with Crippen molar-refractivity contribution in [3.8, 4) is 0 Å². The third-order valence-corrected chi connectivity index (χ3v) is 9.09. The van der Waals surface area contributed by atoms with Crippen LogP contribution in [-0.4, -0.2) is 76.2 Å². The lowest BCUT2D eigenvalue weighted by Gasteiger charge is -2.33. The molecule has 220 valence electrons. The van der Waals surface area contributed by atoms with Gasteiger partial charge in [0.2, 0.25) is 5.95 Å². The Balaban J connectivity index is 0.000000181. The van der Waals surface area contributed by atoms with Crippen molar-refractivity contribution in [1.82, 2.24) is 14.9 Å². The molecule has 4 fully saturated rings. The largest absolute Gasteiger partial charge is 0.444 e. The summed E-state index contributed by atoms with van der Waals surface area (Å²) in [6.45, 7) is 11.6. The van der Waals surface area contributed by atoms with E-state index in [9.17, 15) is 9.18 Å². The van der Waals surface area contributed by atoms with Crippen molar-refractivity contribution in [2.24, 2.45) is 35.5 Å². The van der Waals surface area contributed by atoms with Crippen molar-refractivity contribution in [1.29, 1.82) is 0 Å². The van der Waals surface area contributed by atoms with Gasteiger partial charge in [-0.15, -0.1) is 0 Å². The number of hydrogen-bond acceptors (Lipinski definition) is 7. The summed E-state index contributed by atoms with van der Waals surface area (Å²) in [7, 11) is 0. The number of ether oxygens (including phenoxy) is 1. The highest BCUT2D eigenvalue weighted by Gasteiger charge is 2.44. The molecule has 1 aromatic rings. The van der Waals surface area contributed by atoms with Crippen molar-refractivity contribution in [3.63, 3.8) is 0 Å². The zero-order valence-electron chi connectivity index (χ0n) is 24.3. The van der Waals surface area contributed by atoms with Crippen LogP contribution in [0.4, 0.5) is 15.1 Å². The minimum Gasteiger partial charge on any atom is -0.444 e. The minimum atomic E-state index is -0.406. The Morgan fingerprint density at radius 1 is 0.974 bits per heavy atom. The highest BCUT2D eigenvalue weighted by Crippen LogP contribution is 2.50. The Kier molecular flexibility index (Phi) is 10.1. The first-order valence-electron chi connectivity index (χ1n) is 15.0. The molecule has 5 rings (SSSR count). The van der Waals surface area contributed by atoms with Crippen molar-refractivity contribution in [2.75, 3.05) is 44.3 Å². The van der Waals surface area contributed by atoms with Crippen molar-refractivity contribution in [2.45, 2.75) is 84.7 Å². The molecule has 39 heavy (non-hydrogen) atoms. The van der Waals surface area contributed by atoms with E-state index in [2.05, 4.69) is 14.9 Å². The molecule has 2 aliphatic heterocycles. The van der Waals surface area contributed by atoms with Crippen molar-refractivity contribution >= 4 is 12.0 Å². The van der Waals surface area contributed by atoms with Crippen molar-refractivity contribution < 1.29 is 24.1 Å². The van der Waals surface area contributed by atoms with Crippen LogP contribution in [0.3, 0.4) is 0 Å². The standard InChI is InChI=1S/C15H22FN3O.C15H27NO3/c1-10-14(16)9-17-15(18-10)19-5-2-11(3-6-19)13-8-12(13)4-7-20;1-15(2,3)19-14(18)16-7-4-11(5-8-16)13-10-12(13)6-9-17/h9,11-13,20H,2-8H2,1H3;11-13,17H,4-10H2,1-3H3. The number of nitrogens with zero attached hydrogens (tertiary/aromatic N) is 4. The average Bonchev–Trinajstić information content (AvgIpc) is 3.83. The lowest BCUT2D eigenvalue weighted by Crippen LogP contribution is -2.42. The van der Waals surface area contributed by atoms with Crippen LogP contribution in [0.5, 0.6) is 0 Å². The average molecular weight is 549 g/mol. The van der Waals surface area contributed by atoms with Crippen LogP contribution in [0.15, 0.2) is 6.20 Å². The van der Waals surface area contributed by atoms with Crippen LogP contribution >= 0.6 is 0 Å². The molecule has 0 bridgehead atoms. The molecule has 4 unspecified atom stereocenters. The number of rotatable bonds is 7. The van der Waals surface area contributed by atoms with Gasteiger partial charge < -0.3 is 24.7 Å². The Morgan fingerprint density at radius 2 is 1.49 bits per heavy atom. The van der Waals surface area contributed by atoms with Crippen LogP contribution in [0.25, 0.3) is 0 Å². The fraction of sp³-hybridized carbons (Fsp3) is 0.833. The van der Waals surface area contributed by atoms with Crippen LogP contribution in [-0.2, 0) is 4.74 Å². The van der Waals surface area contributed by atoms with Gasteiger partial charge in [-0.3, -0.25) is 0 Å². The maximum atomic E-state index is 13.2. The van der Waals surface area contributed by atoms with Gasteiger partial charge in [0.1, 0.15) is 5.60 Å². The van der Waals surface area contributed by atoms with Crippen molar-refractivity contribution in [3.05, 3.63) is 17.7 Å². The number of halogens is 1. The summed E-state index contributed by atoms with van der Waals surface area (Å²) >= 11 is 0. The quantitative estimate of drug-likeness (QED) is 0.504. The van der Waals surface area contributed by atoms with E-state index in [1.807, 2.05) is 25.7 Å². The van der Waals surface area contributed by atoms with E-state index in [1.54, 1.807) is 6.92 Å². The third kappa shape index (κ3) is 8.49. The zero-order valence-corrected chi connectivity index (χ0v) is 24.3. The van der Waals surface area contributed by atoms with Gasteiger partial charge >= 0.3 is 6.09 Å². The molecule has 2 N–H and O–H groups in total. The molecular weight excluding hydrogens is 499 g/mol. The van der Waals surface area contributed by atoms with E-state index < -0.39 is 5.60 Å². The second-order valence-corrected chi connectivity index (χ2v) is 13.1. The molecule has 1 aromatic heterocycles. The van der Waals surface area contributed by atoms with E-state index in [0.29, 0.717) is 24.9 Å². The second-order valence-electron chi connectivity index (χ2n) is 13.1. The Hall–Kier alpha value is -2.00. The highest BCUT2D eigenvalue weighted by atomic mass is 19.1. The normalized spacial score (nSPS) is 27.6. The van der Waals surface area contributed by atoms with Gasteiger partial charge in [-0.1, -0.05) is 0 Å². The van der Waals surface area contributed by atoms with E-state index in [1.165, 1.54) is 19.0 Å². The number of amides is 1. The first kappa shape index (κ1) is 30.0. The number of carbonyl (C=O) groups is 1. The molecule has 1 amide bonds. The van der Waals surface area contributed by atoms with Gasteiger partial charge in [0.25, 0.3) is 0 Å². The summed E-state index contributed by atoms with van der Waals surface area (Å²) in [4.78, 5) is 24.3. The van der Waals surface area contributed by atoms with E-state index in [4.69, 9.17) is 14.9 Å². The van der Waals surface area contributed by atoms with E-state index in [0.717, 1.165) is 100 Å². The summed E-state index contributed by atoms with van der Waals surface area (Å²) in [6, 6.07) is 0. The Bertz CT molecular complexity index is 941. The van der Waals surface area contributed by atoms with Gasteiger partial charge in [-0.05, 0) is 115 Å². The fourth-order valence-corrected chi connectivity index (χ4v) is 6.65. The van der Waals surface area contributed by atoms with Crippen LogP contribution in [0, 0.1) is 48.2 Å². The van der Waals surface area contributed by atoms with Gasteiger partial charge in [0.05, 0.1) is 11.9 Å². The van der Waals surface area contributed by atoms with E-state index >= 15 is 0 Å². The number of anilines is 1. The lowest BCUT2D eigenvalue weighted by molar-refractivity contribution is 0.0173. The third-order valence-electron chi connectivity index (χ3n) is 9.09. The summed E-state index contributed by atoms with van der Waals surface area (Å²) < 4.78 is 18.6. The fourth-order valence-electron chi connectivity index (χ4n) is 6.65. The molecule has 9 heteroatoms. The molecule has 4 aliphatic rings. The van der Waals surface area contributed by atoms with Crippen LogP contribution in [0.2, 0.25) is 0 Å². The number of aryl methyl sites for hydroxylation is 1. The topological polar surface area (TPSA) is 99.0 Å². The number of aromatic nitrogens is 2. The zero-order chi connectivity index (χ0) is 28.2. The number of aliphatic hydroxyl groups is 2. The molecule has 3 heterocycles. The van der Waals surface area contributed by atoms with Gasteiger partial charge in [-0.25, -0.2) is 19.2 Å². The molecule has 0 aromatic carbocycles. The lowest BCUT2D eigenvalue weighted by atomic mass is 9.90. The molecule has 2 saturated heterocycles. The number of piperidine rings is 2. The molecule has 2 aliphatic carbocycles. The molecular formula is C30H49FN4O4. The predicted molar refractivity (Wildman–Crippen MR) is 149 cm³/mol. The van der Waals surface area contributed by atoms with Crippen LogP contribution in [0.1, 0.15) is 77.8 Å². The van der Waals surface area contributed by atoms with Gasteiger partial charge in [0, 0.05) is 39.4 Å². The molecule has 0 radical (unpaired) electrons. The number of aliphatic hydroxyl groups excluding tert-OH is 2. The maximum absolute atomic E-state index is 13.2. The summed E-state index contributed by atoms with van der Waals surface area (Å²) in [5.74, 6) is 4.95. The number of hydrogen-bond donors (Lipinski definition) is 2. The van der Waals surface area contributed by atoms with Gasteiger partial charge in [-0.2, -0.15) is 0 Å². The van der Waals surface area contributed by atoms with Gasteiger partial charge in [0.15, 0.2) is 5.82 Å². The summed E-state index contributed by atoms with van der Waals surface area (Å²) in [6.07, 6.45) is 10.1. The monoisotopic (exact) mass is 548 g/mol. The number of likely N-dealkylation sites (tertiary alicyclic amines) is 1. The summed E-state index contributed by atoms with van der Waals surface area (Å²) in [5.41, 5.74) is 0.0127. The number of carbonyl (C=O) groups excluding carboxylic acids is 1. The van der Waals surface area contributed by atoms with E-state index in [-0.39, 0.29) is 11.9 Å². The first-order chi connectivity index (χ1) is 18.6. The Labute approximate surface area is 233 Å². The first-order valence-corrected chi connectivity index (χ1v) is 15.0. The molecule has 4 atom stereocenters. The SMILES string of the molecule is CC(C)(C)OC(=O)N1CCC(C2CC2CCO)CC1.Cc1nc(N2CCC(C3CC3CCO)CC2)ncc1F. The predicted octanol–water partition coefficient (Wildman–Crippen LogP) is 4.81.